The average Bonchev–Trinajstić information content (AvgIpc) is 3.80. The Labute approximate surface area is 314 Å². The molecule has 250 valence electrons. The Morgan fingerprint density at radius 2 is 0.852 bits per heavy atom. The molecule has 0 aliphatic rings. The lowest BCUT2D eigenvalue weighted by Gasteiger charge is -2.18. The third kappa shape index (κ3) is 4.26. The van der Waals surface area contributed by atoms with Crippen molar-refractivity contribution in [2.24, 2.45) is 0 Å². The molecule has 2 heteroatoms. The van der Waals surface area contributed by atoms with Gasteiger partial charge in [-0.2, -0.15) is 0 Å². The van der Waals surface area contributed by atoms with Crippen LogP contribution in [0.15, 0.2) is 186 Å². The average molecular weight is 703 g/mol. The highest BCUT2D eigenvalue weighted by molar-refractivity contribution is 7.25. The molecule has 0 N–H and O–H groups in total. The summed E-state index contributed by atoms with van der Waals surface area (Å²) >= 11 is 1.88. The SMILES string of the molecule is c1ccc2c(-c3c4ccccc4c(-c4ccc5c(c4)sc4cc(-c6cc7oc8ccccc8c7c7ccccc67)ccc45)c4ccccc34)cccc2c1. The van der Waals surface area contributed by atoms with Gasteiger partial charge in [0.25, 0.3) is 0 Å². The molecule has 0 saturated heterocycles. The van der Waals surface area contributed by atoms with Crippen molar-refractivity contribution >= 4 is 96.5 Å². The first-order valence-electron chi connectivity index (χ1n) is 18.5. The predicted molar refractivity (Wildman–Crippen MR) is 233 cm³/mol. The van der Waals surface area contributed by atoms with Crippen LogP contribution < -0.4 is 0 Å². The quantitative estimate of drug-likeness (QED) is 0.167. The molecule has 0 aliphatic carbocycles. The first-order valence-corrected chi connectivity index (χ1v) is 19.3. The largest absolute Gasteiger partial charge is 0.456 e. The van der Waals surface area contributed by atoms with E-state index in [4.69, 9.17) is 4.42 Å². The van der Waals surface area contributed by atoms with Crippen LogP contribution in [0.2, 0.25) is 0 Å². The van der Waals surface area contributed by atoms with Crippen LogP contribution in [-0.4, -0.2) is 0 Å². The maximum Gasteiger partial charge on any atom is 0.136 e. The molecule has 0 bridgehead atoms. The molecule has 1 nitrogen and oxygen atoms in total. The Hall–Kier alpha value is -6.74. The summed E-state index contributed by atoms with van der Waals surface area (Å²) in [6.45, 7) is 0. The zero-order valence-electron chi connectivity index (χ0n) is 29.1. The number of fused-ring (bicyclic) bond motifs is 11. The van der Waals surface area contributed by atoms with Crippen molar-refractivity contribution in [3.63, 3.8) is 0 Å². The second-order valence-electron chi connectivity index (χ2n) is 14.3. The maximum atomic E-state index is 6.43. The van der Waals surface area contributed by atoms with Gasteiger partial charge >= 0.3 is 0 Å². The van der Waals surface area contributed by atoms with Crippen LogP contribution in [0.1, 0.15) is 0 Å². The van der Waals surface area contributed by atoms with Crippen molar-refractivity contribution < 1.29 is 4.42 Å². The van der Waals surface area contributed by atoms with Gasteiger partial charge in [0, 0.05) is 30.9 Å². The van der Waals surface area contributed by atoms with Crippen molar-refractivity contribution in [3.05, 3.63) is 182 Å². The Morgan fingerprint density at radius 3 is 1.57 bits per heavy atom. The molecule has 0 aliphatic heterocycles. The summed E-state index contributed by atoms with van der Waals surface area (Å²) in [6, 6.07) is 66.7. The lowest BCUT2D eigenvalue weighted by atomic mass is 9.84. The minimum absolute atomic E-state index is 0.925. The molecule has 0 radical (unpaired) electrons. The molecule has 0 amide bonds. The van der Waals surface area contributed by atoms with Gasteiger partial charge in [0.1, 0.15) is 11.2 Å². The number of hydrogen-bond acceptors (Lipinski definition) is 2. The molecule has 12 rings (SSSR count). The van der Waals surface area contributed by atoms with E-state index in [-0.39, 0.29) is 0 Å². The third-order valence-corrected chi connectivity index (χ3v) is 12.6. The van der Waals surface area contributed by atoms with E-state index in [1.54, 1.807) is 0 Å². The van der Waals surface area contributed by atoms with E-state index >= 15 is 0 Å². The first kappa shape index (κ1) is 29.8. The summed E-state index contributed by atoms with van der Waals surface area (Å²) < 4.78 is 9.01. The topological polar surface area (TPSA) is 13.1 Å². The smallest absolute Gasteiger partial charge is 0.136 e. The van der Waals surface area contributed by atoms with Crippen molar-refractivity contribution in [2.45, 2.75) is 0 Å². The van der Waals surface area contributed by atoms with Crippen LogP contribution >= 0.6 is 11.3 Å². The van der Waals surface area contributed by atoms with E-state index in [1.165, 1.54) is 102 Å². The van der Waals surface area contributed by atoms with Gasteiger partial charge in [-0.3, -0.25) is 0 Å². The molecule has 12 aromatic rings. The van der Waals surface area contributed by atoms with E-state index in [1.807, 2.05) is 17.4 Å². The van der Waals surface area contributed by atoms with E-state index in [0.717, 1.165) is 16.6 Å². The zero-order valence-corrected chi connectivity index (χ0v) is 30.0. The third-order valence-electron chi connectivity index (χ3n) is 11.4. The van der Waals surface area contributed by atoms with Crippen molar-refractivity contribution in [1.82, 2.24) is 0 Å². The fourth-order valence-electron chi connectivity index (χ4n) is 9.10. The summed E-state index contributed by atoms with van der Waals surface area (Å²) in [4.78, 5) is 0. The number of rotatable bonds is 3. The van der Waals surface area contributed by atoms with E-state index in [9.17, 15) is 0 Å². The summed E-state index contributed by atoms with van der Waals surface area (Å²) in [5, 5.41) is 15.0. The summed E-state index contributed by atoms with van der Waals surface area (Å²) in [5.74, 6) is 0. The Morgan fingerprint density at radius 1 is 0.315 bits per heavy atom. The molecular formula is C52H30OS. The fourth-order valence-corrected chi connectivity index (χ4v) is 10.3. The van der Waals surface area contributed by atoms with Crippen molar-refractivity contribution in [2.75, 3.05) is 0 Å². The molecule has 0 spiro atoms. The minimum atomic E-state index is 0.925. The van der Waals surface area contributed by atoms with Crippen LogP contribution in [0.4, 0.5) is 0 Å². The van der Waals surface area contributed by atoms with E-state index in [2.05, 4.69) is 176 Å². The van der Waals surface area contributed by atoms with E-state index < -0.39 is 0 Å². The molecule has 2 aromatic heterocycles. The standard InChI is InChI=1S/C52H30OS/c1-2-14-34-31(12-1)13-11-22-38(34)51-42-19-7-5-17-40(42)50(41-18-6-8-20-43(41)51)33-25-27-37-36-26-24-32(28-48(36)54-49(37)29-33)45-30-47-52(39-16-4-3-15-35(39)45)44-21-9-10-23-46(44)53-47/h1-30H. The highest BCUT2D eigenvalue weighted by Gasteiger charge is 2.20. The van der Waals surface area contributed by atoms with Crippen LogP contribution in [0.25, 0.3) is 119 Å². The molecule has 0 atom stereocenters. The normalized spacial score (nSPS) is 12.1. The number of benzene rings is 10. The van der Waals surface area contributed by atoms with Crippen LogP contribution in [0.5, 0.6) is 0 Å². The summed E-state index contributed by atoms with van der Waals surface area (Å²) in [7, 11) is 0. The van der Waals surface area contributed by atoms with Crippen LogP contribution in [0.3, 0.4) is 0 Å². The van der Waals surface area contributed by atoms with Gasteiger partial charge in [-0.1, -0.05) is 158 Å². The molecule has 0 fully saturated rings. The monoisotopic (exact) mass is 702 g/mol. The molecule has 54 heavy (non-hydrogen) atoms. The number of thiophene rings is 1. The van der Waals surface area contributed by atoms with Gasteiger partial charge in [-0.25, -0.2) is 0 Å². The number of para-hydroxylation sites is 1. The van der Waals surface area contributed by atoms with Gasteiger partial charge < -0.3 is 4.42 Å². The Kier molecular flexibility index (Phi) is 6.28. The zero-order chi connectivity index (χ0) is 35.3. The number of hydrogen-bond donors (Lipinski definition) is 0. The summed E-state index contributed by atoms with van der Waals surface area (Å²) in [5.41, 5.74) is 9.35. The molecule has 0 unspecified atom stereocenters. The van der Waals surface area contributed by atoms with Crippen molar-refractivity contribution in [1.29, 1.82) is 0 Å². The maximum absolute atomic E-state index is 6.43. The Balaban J connectivity index is 1.06. The molecule has 10 aromatic carbocycles. The van der Waals surface area contributed by atoms with Crippen LogP contribution in [-0.2, 0) is 0 Å². The molecular weight excluding hydrogens is 673 g/mol. The van der Waals surface area contributed by atoms with Gasteiger partial charge in [-0.05, 0) is 101 Å². The van der Waals surface area contributed by atoms with E-state index in [0.29, 0.717) is 0 Å². The van der Waals surface area contributed by atoms with Gasteiger partial charge in [0.15, 0.2) is 0 Å². The fraction of sp³-hybridized carbons (Fsp3) is 0. The molecule has 2 heterocycles. The van der Waals surface area contributed by atoms with Crippen molar-refractivity contribution in [3.8, 4) is 33.4 Å². The Bertz CT molecular complexity index is 3450. The van der Waals surface area contributed by atoms with Crippen LogP contribution in [0, 0.1) is 0 Å². The lowest BCUT2D eigenvalue weighted by Crippen LogP contribution is -1.91. The molecule has 0 saturated carbocycles. The predicted octanol–water partition coefficient (Wildman–Crippen LogP) is 15.6. The second kappa shape index (κ2) is 11.4. The van der Waals surface area contributed by atoms with Gasteiger partial charge in [0.05, 0.1) is 0 Å². The minimum Gasteiger partial charge on any atom is -0.456 e. The second-order valence-corrected chi connectivity index (χ2v) is 15.4. The number of furan rings is 1. The summed E-state index contributed by atoms with van der Waals surface area (Å²) in [6.07, 6.45) is 0. The lowest BCUT2D eigenvalue weighted by molar-refractivity contribution is 0.669. The highest BCUT2D eigenvalue weighted by Crippen LogP contribution is 2.47. The van der Waals surface area contributed by atoms with Gasteiger partial charge in [-0.15, -0.1) is 11.3 Å². The first-order chi connectivity index (χ1) is 26.8. The van der Waals surface area contributed by atoms with Gasteiger partial charge in [0.2, 0.25) is 0 Å². The highest BCUT2D eigenvalue weighted by atomic mass is 32.1.